The minimum absolute atomic E-state index is 0.439. The maximum absolute atomic E-state index is 5.74. The van der Waals surface area contributed by atoms with Crippen molar-refractivity contribution in [1.29, 1.82) is 0 Å². The molecule has 1 aromatic heterocycles. The first-order valence-corrected chi connectivity index (χ1v) is 6.45. The van der Waals surface area contributed by atoms with Crippen LogP contribution >= 0.6 is 0 Å². The third-order valence-corrected chi connectivity index (χ3v) is 2.50. The first kappa shape index (κ1) is 14.9. The molecule has 1 N–H and O–H groups in total. The second kappa shape index (κ2) is 8.06. The van der Waals surface area contributed by atoms with Gasteiger partial charge in [-0.05, 0) is 19.1 Å². The number of nitrogens with one attached hydrogen (secondary N) is 1. The number of aromatic nitrogens is 1. The minimum atomic E-state index is 0.439. The zero-order valence-electron chi connectivity index (χ0n) is 11.8. The van der Waals surface area contributed by atoms with E-state index in [4.69, 9.17) is 9.47 Å². The van der Waals surface area contributed by atoms with E-state index in [9.17, 15) is 0 Å². The third-order valence-electron chi connectivity index (χ3n) is 2.50. The Labute approximate surface area is 110 Å². The van der Waals surface area contributed by atoms with E-state index in [0.29, 0.717) is 12.6 Å². The van der Waals surface area contributed by atoms with Crippen molar-refractivity contribution < 1.29 is 9.47 Å². The number of hydrogen-bond acceptors (Lipinski definition) is 4. The fourth-order valence-corrected chi connectivity index (χ4v) is 1.54. The van der Waals surface area contributed by atoms with E-state index < -0.39 is 0 Å². The predicted molar refractivity (Wildman–Crippen MR) is 72.9 cm³/mol. The van der Waals surface area contributed by atoms with E-state index in [0.717, 1.165) is 36.7 Å². The van der Waals surface area contributed by atoms with Crippen molar-refractivity contribution in [2.45, 2.75) is 39.8 Å². The molecular formula is C14H24N2O2. The predicted octanol–water partition coefficient (Wildman–Crippen LogP) is 2.30. The average molecular weight is 252 g/mol. The molecule has 1 rings (SSSR count). The molecule has 0 aliphatic carbocycles. The summed E-state index contributed by atoms with van der Waals surface area (Å²) in [4.78, 5) is 4.53. The number of pyridine rings is 1. The van der Waals surface area contributed by atoms with Crippen LogP contribution in [0.25, 0.3) is 0 Å². The molecule has 0 saturated heterocycles. The van der Waals surface area contributed by atoms with Crippen LogP contribution < -0.4 is 10.1 Å². The van der Waals surface area contributed by atoms with Crippen molar-refractivity contribution in [2.24, 2.45) is 0 Å². The van der Waals surface area contributed by atoms with Crippen LogP contribution in [0.5, 0.6) is 5.75 Å². The largest absolute Gasteiger partial charge is 0.492 e. The van der Waals surface area contributed by atoms with Crippen LogP contribution in [-0.2, 0) is 11.3 Å². The molecule has 0 aliphatic rings. The van der Waals surface area contributed by atoms with Gasteiger partial charge in [-0.25, -0.2) is 0 Å². The van der Waals surface area contributed by atoms with E-state index in [2.05, 4.69) is 24.1 Å². The lowest BCUT2D eigenvalue weighted by atomic mass is 10.2. The van der Waals surface area contributed by atoms with E-state index in [-0.39, 0.29) is 0 Å². The van der Waals surface area contributed by atoms with E-state index in [1.165, 1.54) is 0 Å². The molecule has 102 valence electrons. The molecule has 4 heteroatoms. The van der Waals surface area contributed by atoms with Gasteiger partial charge in [0.1, 0.15) is 5.75 Å². The maximum Gasteiger partial charge on any atom is 0.142 e. The van der Waals surface area contributed by atoms with Gasteiger partial charge in [-0.3, -0.25) is 4.98 Å². The third kappa shape index (κ3) is 5.47. The lowest BCUT2D eigenvalue weighted by molar-refractivity contribution is 0.171. The van der Waals surface area contributed by atoms with Gasteiger partial charge in [0.05, 0.1) is 12.3 Å². The fourth-order valence-electron chi connectivity index (χ4n) is 1.54. The van der Waals surface area contributed by atoms with Gasteiger partial charge in [0.15, 0.2) is 0 Å². The Kier molecular flexibility index (Phi) is 6.68. The zero-order chi connectivity index (χ0) is 13.4. The number of ether oxygens (including phenoxy) is 2. The van der Waals surface area contributed by atoms with E-state index in [1.54, 1.807) is 7.11 Å². The van der Waals surface area contributed by atoms with Crippen LogP contribution in [0.2, 0.25) is 0 Å². The summed E-state index contributed by atoms with van der Waals surface area (Å²) < 4.78 is 10.7. The molecule has 4 nitrogen and oxygen atoms in total. The van der Waals surface area contributed by atoms with Crippen molar-refractivity contribution in [1.82, 2.24) is 10.3 Å². The summed E-state index contributed by atoms with van der Waals surface area (Å²) in [6.07, 6.45) is 0.890. The Morgan fingerprint density at radius 1 is 1.28 bits per heavy atom. The van der Waals surface area contributed by atoms with Crippen LogP contribution in [0, 0.1) is 6.92 Å². The number of aryl methyl sites for hydroxylation is 1. The highest BCUT2D eigenvalue weighted by molar-refractivity contribution is 5.29. The van der Waals surface area contributed by atoms with Gasteiger partial charge in [0, 0.05) is 38.4 Å². The molecular weight excluding hydrogens is 228 g/mol. The number of methoxy groups -OCH3 is 1. The minimum Gasteiger partial charge on any atom is -0.492 e. The fraction of sp³-hybridized carbons (Fsp3) is 0.643. The Hall–Kier alpha value is -1.13. The number of hydrogen-bond donors (Lipinski definition) is 1. The molecule has 0 aliphatic heterocycles. The Bertz CT molecular complexity index is 354. The molecule has 0 bridgehead atoms. The van der Waals surface area contributed by atoms with E-state index >= 15 is 0 Å². The van der Waals surface area contributed by atoms with E-state index in [1.807, 2.05) is 19.1 Å². The average Bonchev–Trinajstić information content (AvgIpc) is 2.34. The molecule has 0 atom stereocenters. The summed E-state index contributed by atoms with van der Waals surface area (Å²) in [5, 5.41) is 3.36. The molecule has 0 spiro atoms. The lowest BCUT2D eigenvalue weighted by Gasteiger charge is -2.13. The van der Waals surface area contributed by atoms with Crippen molar-refractivity contribution >= 4 is 0 Å². The normalized spacial score (nSPS) is 10.9. The highest BCUT2D eigenvalue weighted by atomic mass is 16.5. The molecule has 0 saturated carbocycles. The van der Waals surface area contributed by atoms with Gasteiger partial charge in [0.2, 0.25) is 0 Å². The first-order valence-electron chi connectivity index (χ1n) is 6.45. The highest BCUT2D eigenvalue weighted by Crippen LogP contribution is 2.17. The SMILES string of the molecule is COCCCOc1ccc(C)nc1CNC(C)C. The lowest BCUT2D eigenvalue weighted by Crippen LogP contribution is -2.23. The first-order chi connectivity index (χ1) is 8.63. The second-order valence-electron chi connectivity index (χ2n) is 4.63. The second-order valence-corrected chi connectivity index (χ2v) is 4.63. The Morgan fingerprint density at radius 2 is 2.06 bits per heavy atom. The summed E-state index contributed by atoms with van der Waals surface area (Å²) in [6.45, 7) is 8.35. The van der Waals surface area contributed by atoms with Crippen LogP contribution in [-0.4, -0.2) is 31.3 Å². The molecule has 0 unspecified atom stereocenters. The summed E-state index contributed by atoms with van der Waals surface area (Å²) >= 11 is 0. The standard InChI is InChI=1S/C14H24N2O2/c1-11(2)15-10-13-14(7-6-12(3)16-13)18-9-5-8-17-4/h6-7,11,15H,5,8-10H2,1-4H3. The summed E-state index contributed by atoms with van der Waals surface area (Å²) in [5.41, 5.74) is 1.99. The Morgan fingerprint density at radius 3 is 2.72 bits per heavy atom. The van der Waals surface area contributed by atoms with Gasteiger partial charge in [-0.2, -0.15) is 0 Å². The van der Waals surface area contributed by atoms with Crippen LogP contribution in [0.3, 0.4) is 0 Å². The molecule has 0 amide bonds. The number of nitrogens with zero attached hydrogens (tertiary/aromatic N) is 1. The zero-order valence-corrected chi connectivity index (χ0v) is 11.8. The van der Waals surface area contributed by atoms with Crippen molar-refractivity contribution in [3.05, 3.63) is 23.5 Å². The van der Waals surface area contributed by atoms with Gasteiger partial charge in [-0.15, -0.1) is 0 Å². The molecule has 18 heavy (non-hydrogen) atoms. The van der Waals surface area contributed by atoms with Gasteiger partial charge in [0.25, 0.3) is 0 Å². The molecule has 1 heterocycles. The monoisotopic (exact) mass is 252 g/mol. The van der Waals surface area contributed by atoms with Crippen LogP contribution in [0.15, 0.2) is 12.1 Å². The van der Waals surface area contributed by atoms with Gasteiger partial charge < -0.3 is 14.8 Å². The molecule has 1 aromatic rings. The van der Waals surface area contributed by atoms with Crippen molar-refractivity contribution in [3.8, 4) is 5.75 Å². The summed E-state index contributed by atoms with van der Waals surface area (Å²) in [6, 6.07) is 4.41. The Balaban J connectivity index is 2.58. The van der Waals surface area contributed by atoms with Crippen LogP contribution in [0.1, 0.15) is 31.7 Å². The van der Waals surface area contributed by atoms with Crippen molar-refractivity contribution in [2.75, 3.05) is 20.3 Å². The summed E-state index contributed by atoms with van der Waals surface area (Å²) in [7, 11) is 1.70. The highest BCUT2D eigenvalue weighted by Gasteiger charge is 2.06. The summed E-state index contributed by atoms with van der Waals surface area (Å²) in [5.74, 6) is 0.866. The van der Waals surface area contributed by atoms with Gasteiger partial charge >= 0.3 is 0 Å². The molecule has 0 fully saturated rings. The van der Waals surface area contributed by atoms with Crippen LogP contribution in [0.4, 0.5) is 0 Å². The quantitative estimate of drug-likeness (QED) is 0.721. The number of rotatable bonds is 8. The maximum atomic E-state index is 5.74. The van der Waals surface area contributed by atoms with Crippen molar-refractivity contribution in [3.63, 3.8) is 0 Å². The molecule has 0 aromatic carbocycles. The smallest absolute Gasteiger partial charge is 0.142 e. The topological polar surface area (TPSA) is 43.4 Å². The molecule has 0 radical (unpaired) electrons. The van der Waals surface area contributed by atoms with Gasteiger partial charge in [-0.1, -0.05) is 13.8 Å².